The molecule has 0 aliphatic rings. The van der Waals surface area contributed by atoms with Gasteiger partial charge in [0, 0.05) is 24.1 Å². The van der Waals surface area contributed by atoms with Crippen molar-refractivity contribution in [2.75, 3.05) is 0 Å². The van der Waals surface area contributed by atoms with Gasteiger partial charge < -0.3 is 5.32 Å². The number of nitrogens with zero attached hydrogens (tertiary/aromatic N) is 2. The molecule has 1 aromatic carbocycles. The highest BCUT2D eigenvalue weighted by Gasteiger charge is 2.11. The lowest BCUT2D eigenvalue weighted by atomic mass is 10.2. The zero-order chi connectivity index (χ0) is 13.8. The monoisotopic (exact) mass is 385 g/mol. The normalized spacial score (nSPS) is 10.9. The van der Waals surface area contributed by atoms with Crippen molar-refractivity contribution in [3.8, 4) is 0 Å². The lowest BCUT2D eigenvalue weighted by molar-refractivity contribution is 0.577. The van der Waals surface area contributed by atoms with Gasteiger partial charge in [0.2, 0.25) is 0 Å². The van der Waals surface area contributed by atoms with E-state index in [9.17, 15) is 0 Å². The summed E-state index contributed by atoms with van der Waals surface area (Å²) in [7, 11) is 0. The fourth-order valence-corrected chi connectivity index (χ4v) is 2.84. The van der Waals surface area contributed by atoms with E-state index < -0.39 is 0 Å². The van der Waals surface area contributed by atoms with Crippen LogP contribution in [0.25, 0.3) is 0 Å². The molecule has 0 bridgehead atoms. The molecule has 0 amide bonds. The first-order valence-electron chi connectivity index (χ1n) is 6.29. The maximum atomic E-state index is 4.49. The Morgan fingerprint density at radius 3 is 2.63 bits per heavy atom. The van der Waals surface area contributed by atoms with Crippen LogP contribution in [0.4, 0.5) is 0 Å². The fourth-order valence-electron chi connectivity index (χ4n) is 2.00. The summed E-state index contributed by atoms with van der Waals surface area (Å²) in [6.07, 6.45) is 0. The number of hydrogen-bond acceptors (Lipinski definition) is 2. The first kappa shape index (κ1) is 14.8. The smallest absolute Gasteiger partial charge is 0.0739 e. The van der Waals surface area contributed by atoms with Crippen molar-refractivity contribution < 1.29 is 0 Å². The van der Waals surface area contributed by atoms with Crippen LogP contribution < -0.4 is 5.32 Å². The van der Waals surface area contributed by atoms with Crippen molar-refractivity contribution in [2.45, 2.75) is 33.5 Å². The summed E-state index contributed by atoms with van der Waals surface area (Å²) in [5, 5.41) is 7.96. The lowest BCUT2D eigenvalue weighted by Crippen LogP contribution is -2.16. The highest BCUT2D eigenvalue weighted by Crippen LogP contribution is 2.21. The molecule has 19 heavy (non-hydrogen) atoms. The molecule has 1 aromatic heterocycles. The third kappa shape index (κ3) is 3.46. The largest absolute Gasteiger partial charge is 0.307 e. The zero-order valence-corrected chi connectivity index (χ0v) is 14.3. The van der Waals surface area contributed by atoms with E-state index in [4.69, 9.17) is 0 Å². The molecule has 1 heterocycles. The van der Waals surface area contributed by atoms with Crippen LogP contribution in [0.2, 0.25) is 0 Å². The number of hydrogen-bond donors (Lipinski definition) is 1. The number of benzene rings is 1. The van der Waals surface area contributed by atoms with E-state index in [-0.39, 0.29) is 0 Å². The predicted octanol–water partition coefficient (Wildman–Crippen LogP) is 4.03. The summed E-state index contributed by atoms with van der Waals surface area (Å²) in [6, 6.07) is 8.26. The van der Waals surface area contributed by atoms with Gasteiger partial charge in [0.05, 0.1) is 15.9 Å². The Balaban J connectivity index is 2.02. The Labute approximate surface area is 130 Å². The Bertz CT molecular complexity index is 564. The van der Waals surface area contributed by atoms with Gasteiger partial charge in [-0.3, -0.25) is 4.68 Å². The topological polar surface area (TPSA) is 29.9 Å². The lowest BCUT2D eigenvalue weighted by Gasteiger charge is -2.09. The maximum Gasteiger partial charge on any atom is 0.0739 e. The number of aryl methyl sites for hydroxylation is 2. The molecule has 0 saturated carbocycles. The molecule has 3 nitrogen and oxygen atoms in total. The van der Waals surface area contributed by atoms with Crippen molar-refractivity contribution in [2.24, 2.45) is 0 Å². The van der Waals surface area contributed by atoms with Gasteiger partial charge in [-0.2, -0.15) is 5.10 Å². The fraction of sp³-hybridized carbons (Fsp3) is 0.357. The van der Waals surface area contributed by atoms with E-state index in [1.165, 1.54) is 11.3 Å². The zero-order valence-electron chi connectivity index (χ0n) is 11.1. The van der Waals surface area contributed by atoms with Gasteiger partial charge in [0.15, 0.2) is 0 Å². The van der Waals surface area contributed by atoms with Crippen molar-refractivity contribution >= 4 is 31.9 Å². The number of aromatic nitrogens is 2. The van der Waals surface area contributed by atoms with Crippen LogP contribution in [-0.2, 0) is 19.6 Å². The minimum Gasteiger partial charge on any atom is -0.307 e. The third-order valence-corrected chi connectivity index (χ3v) is 4.82. The van der Waals surface area contributed by atoms with Crippen molar-refractivity contribution in [3.05, 3.63) is 50.2 Å². The molecular weight excluding hydrogens is 370 g/mol. The summed E-state index contributed by atoms with van der Waals surface area (Å²) < 4.78 is 4.28. The van der Waals surface area contributed by atoms with Crippen LogP contribution in [0.5, 0.6) is 0 Å². The second kappa shape index (κ2) is 6.68. The summed E-state index contributed by atoms with van der Waals surface area (Å²) in [6.45, 7) is 6.65. The summed E-state index contributed by atoms with van der Waals surface area (Å²) in [4.78, 5) is 0. The standard InChI is InChI=1S/C14H17Br2N3/c1-3-19-13(14(16)10(2)18-19)9-17-8-11-6-4-5-7-12(11)15/h4-7,17H,3,8-9H2,1-2H3. The molecule has 0 aliphatic heterocycles. The average Bonchev–Trinajstić information content (AvgIpc) is 2.68. The van der Waals surface area contributed by atoms with Crippen LogP contribution in [-0.4, -0.2) is 9.78 Å². The molecule has 102 valence electrons. The van der Waals surface area contributed by atoms with Crippen molar-refractivity contribution in [1.82, 2.24) is 15.1 Å². The minimum absolute atomic E-state index is 0.802. The second-order valence-corrected chi connectivity index (χ2v) is 6.00. The Morgan fingerprint density at radius 2 is 1.95 bits per heavy atom. The molecule has 1 N–H and O–H groups in total. The average molecular weight is 387 g/mol. The van der Waals surface area contributed by atoms with Gasteiger partial charge in [-0.25, -0.2) is 0 Å². The molecule has 2 aromatic rings. The quantitative estimate of drug-likeness (QED) is 0.840. The van der Waals surface area contributed by atoms with E-state index in [2.05, 4.69) is 67.4 Å². The Kier molecular flexibility index (Phi) is 5.19. The molecule has 0 fully saturated rings. The van der Waals surface area contributed by atoms with Crippen molar-refractivity contribution in [3.63, 3.8) is 0 Å². The minimum atomic E-state index is 0.802. The van der Waals surface area contributed by atoms with E-state index in [0.29, 0.717) is 0 Å². The third-order valence-electron chi connectivity index (χ3n) is 3.02. The molecule has 5 heteroatoms. The number of nitrogens with one attached hydrogen (secondary N) is 1. The van der Waals surface area contributed by atoms with Gasteiger partial charge in [0.1, 0.15) is 0 Å². The predicted molar refractivity (Wildman–Crippen MR) is 85.0 cm³/mol. The van der Waals surface area contributed by atoms with Crippen LogP contribution in [0.15, 0.2) is 33.2 Å². The molecule has 0 atom stereocenters. The molecule has 0 radical (unpaired) electrons. The molecule has 0 unspecified atom stereocenters. The van der Waals surface area contributed by atoms with Crippen LogP contribution in [0.1, 0.15) is 23.9 Å². The van der Waals surface area contributed by atoms with E-state index in [0.717, 1.165) is 34.3 Å². The molecular formula is C14H17Br2N3. The van der Waals surface area contributed by atoms with Gasteiger partial charge in [0.25, 0.3) is 0 Å². The van der Waals surface area contributed by atoms with E-state index >= 15 is 0 Å². The molecule has 2 rings (SSSR count). The van der Waals surface area contributed by atoms with Crippen LogP contribution >= 0.6 is 31.9 Å². The Morgan fingerprint density at radius 1 is 1.21 bits per heavy atom. The van der Waals surface area contributed by atoms with Crippen LogP contribution in [0, 0.1) is 6.92 Å². The molecule has 0 saturated heterocycles. The highest BCUT2D eigenvalue weighted by atomic mass is 79.9. The summed E-state index contributed by atoms with van der Waals surface area (Å²) >= 11 is 7.17. The molecule has 0 spiro atoms. The number of rotatable bonds is 5. The van der Waals surface area contributed by atoms with Gasteiger partial charge in [-0.05, 0) is 41.4 Å². The number of halogens is 2. The van der Waals surface area contributed by atoms with Gasteiger partial charge >= 0.3 is 0 Å². The van der Waals surface area contributed by atoms with Gasteiger partial charge in [-0.15, -0.1) is 0 Å². The van der Waals surface area contributed by atoms with Crippen LogP contribution in [0.3, 0.4) is 0 Å². The SMILES string of the molecule is CCn1nc(C)c(Br)c1CNCc1ccccc1Br. The summed E-state index contributed by atoms with van der Waals surface area (Å²) in [5.41, 5.74) is 3.50. The Hall–Kier alpha value is -0.650. The molecule has 0 aliphatic carbocycles. The maximum absolute atomic E-state index is 4.49. The van der Waals surface area contributed by atoms with E-state index in [1.807, 2.05) is 17.7 Å². The first-order chi connectivity index (χ1) is 9.13. The first-order valence-corrected chi connectivity index (χ1v) is 7.88. The summed E-state index contributed by atoms with van der Waals surface area (Å²) in [5.74, 6) is 0. The van der Waals surface area contributed by atoms with Gasteiger partial charge in [-0.1, -0.05) is 34.1 Å². The van der Waals surface area contributed by atoms with E-state index in [1.54, 1.807) is 0 Å². The highest BCUT2D eigenvalue weighted by molar-refractivity contribution is 9.10. The van der Waals surface area contributed by atoms with Crippen molar-refractivity contribution in [1.29, 1.82) is 0 Å². The second-order valence-electron chi connectivity index (χ2n) is 4.36.